The molecule has 1 N–H and O–H groups in total. The van der Waals surface area contributed by atoms with E-state index >= 15 is 0 Å². The van der Waals surface area contributed by atoms with Crippen LogP contribution in [0.2, 0.25) is 0 Å². The summed E-state index contributed by atoms with van der Waals surface area (Å²) in [5, 5.41) is 4.65. The first-order valence-corrected chi connectivity index (χ1v) is 8.09. The van der Waals surface area contributed by atoms with Crippen molar-refractivity contribution < 1.29 is 8.42 Å². The standard InChI is InChI=1S/C10H18BrN3O2S/c1-4-10(5-2,8-11)13-17(15,16)9-6-7-12-14(9)3/h6-7,13H,4-5,8H2,1-3H3. The normalized spacial score (nSPS) is 12.9. The van der Waals surface area contributed by atoms with Gasteiger partial charge in [-0.3, -0.25) is 4.68 Å². The summed E-state index contributed by atoms with van der Waals surface area (Å²) in [4.78, 5) is 0. The molecule has 0 unspecified atom stereocenters. The highest BCUT2D eigenvalue weighted by Crippen LogP contribution is 2.21. The first-order valence-electron chi connectivity index (χ1n) is 5.48. The molecule has 1 heterocycles. The van der Waals surface area contributed by atoms with E-state index < -0.39 is 15.6 Å². The lowest BCUT2D eigenvalue weighted by Crippen LogP contribution is -2.49. The molecule has 0 saturated heterocycles. The maximum atomic E-state index is 12.2. The fourth-order valence-electron chi connectivity index (χ4n) is 1.57. The number of hydrogen-bond donors (Lipinski definition) is 1. The van der Waals surface area contributed by atoms with Crippen LogP contribution in [0.15, 0.2) is 17.3 Å². The molecule has 0 aliphatic carbocycles. The first-order chi connectivity index (χ1) is 7.90. The average molecular weight is 324 g/mol. The minimum atomic E-state index is -3.52. The van der Waals surface area contributed by atoms with Crippen LogP contribution >= 0.6 is 15.9 Å². The molecule has 17 heavy (non-hydrogen) atoms. The molecular weight excluding hydrogens is 306 g/mol. The van der Waals surface area contributed by atoms with Gasteiger partial charge in [0.2, 0.25) is 0 Å². The molecule has 1 aromatic heterocycles. The van der Waals surface area contributed by atoms with Crippen molar-refractivity contribution in [3.05, 3.63) is 12.3 Å². The molecule has 0 atom stereocenters. The Morgan fingerprint density at radius 1 is 1.47 bits per heavy atom. The van der Waals surface area contributed by atoms with Gasteiger partial charge in [-0.1, -0.05) is 29.8 Å². The predicted molar refractivity (Wildman–Crippen MR) is 70.6 cm³/mol. The van der Waals surface area contributed by atoms with Crippen LogP contribution in [0, 0.1) is 0 Å². The summed E-state index contributed by atoms with van der Waals surface area (Å²) < 4.78 is 28.5. The number of nitrogens with one attached hydrogen (secondary N) is 1. The van der Waals surface area contributed by atoms with Gasteiger partial charge in [0.25, 0.3) is 10.0 Å². The monoisotopic (exact) mass is 323 g/mol. The van der Waals surface area contributed by atoms with E-state index in [9.17, 15) is 8.42 Å². The van der Waals surface area contributed by atoms with Crippen molar-refractivity contribution in [2.24, 2.45) is 7.05 Å². The molecule has 0 saturated carbocycles. The maximum Gasteiger partial charge on any atom is 0.258 e. The average Bonchev–Trinajstić information content (AvgIpc) is 2.73. The first kappa shape index (κ1) is 14.7. The summed E-state index contributed by atoms with van der Waals surface area (Å²) >= 11 is 3.38. The summed E-state index contributed by atoms with van der Waals surface area (Å²) in [6.45, 7) is 3.94. The van der Waals surface area contributed by atoms with E-state index in [-0.39, 0.29) is 5.03 Å². The van der Waals surface area contributed by atoms with Gasteiger partial charge in [0.15, 0.2) is 5.03 Å². The van der Waals surface area contributed by atoms with E-state index in [4.69, 9.17) is 0 Å². The van der Waals surface area contributed by atoms with Gasteiger partial charge in [0, 0.05) is 17.9 Å². The third-order valence-electron chi connectivity index (χ3n) is 3.01. The molecular formula is C10H18BrN3O2S. The van der Waals surface area contributed by atoms with Gasteiger partial charge in [-0.2, -0.15) is 5.10 Å². The summed E-state index contributed by atoms with van der Waals surface area (Å²) in [5.41, 5.74) is -0.441. The van der Waals surface area contributed by atoms with E-state index in [1.165, 1.54) is 16.9 Å². The summed E-state index contributed by atoms with van der Waals surface area (Å²) in [6, 6.07) is 1.49. The molecule has 0 bridgehead atoms. The van der Waals surface area contributed by atoms with Crippen molar-refractivity contribution in [2.75, 3.05) is 5.33 Å². The second kappa shape index (κ2) is 5.49. The van der Waals surface area contributed by atoms with Gasteiger partial charge in [0.1, 0.15) is 0 Å². The number of aryl methyl sites for hydroxylation is 1. The van der Waals surface area contributed by atoms with Crippen molar-refractivity contribution in [2.45, 2.75) is 37.3 Å². The lowest BCUT2D eigenvalue weighted by molar-refractivity contribution is 0.396. The molecule has 5 nitrogen and oxygen atoms in total. The van der Waals surface area contributed by atoms with Gasteiger partial charge in [-0.25, -0.2) is 13.1 Å². The molecule has 0 spiro atoms. The van der Waals surface area contributed by atoms with E-state index in [1.807, 2.05) is 13.8 Å². The Hall–Kier alpha value is -0.400. The number of aromatic nitrogens is 2. The van der Waals surface area contributed by atoms with Crippen LogP contribution in [0.3, 0.4) is 0 Å². The van der Waals surface area contributed by atoms with Crippen molar-refractivity contribution >= 4 is 26.0 Å². The molecule has 0 amide bonds. The molecule has 0 fully saturated rings. The molecule has 0 radical (unpaired) electrons. The van der Waals surface area contributed by atoms with Crippen LogP contribution in [-0.2, 0) is 17.1 Å². The minimum Gasteiger partial charge on any atom is -0.256 e. The number of alkyl halides is 1. The Kier molecular flexibility index (Phi) is 4.74. The Balaban J connectivity index is 3.05. The van der Waals surface area contributed by atoms with Crippen LogP contribution in [-0.4, -0.2) is 29.1 Å². The highest BCUT2D eigenvalue weighted by Gasteiger charge is 2.32. The molecule has 7 heteroatoms. The number of sulfonamides is 1. The Morgan fingerprint density at radius 3 is 2.41 bits per heavy atom. The lowest BCUT2D eigenvalue weighted by Gasteiger charge is -2.30. The number of nitrogens with zero attached hydrogens (tertiary/aromatic N) is 2. The van der Waals surface area contributed by atoms with E-state index in [1.54, 1.807) is 7.05 Å². The largest absolute Gasteiger partial charge is 0.258 e. The molecule has 0 aliphatic heterocycles. The van der Waals surface area contributed by atoms with Crippen molar-refractivity contribution in [1.82, 2.24) is 14.5 Å². The third kappa shape index (κ3) is 3.08. The second-order valence-corrected chi connectivity index (χ2v) is 6.21. The third-order valence-corrected chi connectivity index (χ3v) is 5.74. The topological polar surface area (TPSA) is 64.0 Å². The second-order valence-electron chi connectivity index (χ2n) is 4.02. The summed E-state index contributed by atoms with van der Waals surface area (Å²) in [5.74, 6) is 0. The number of hydrogen-bond acceptors (Lipinski definition) is 3. The Morgan fingerprint density at radius 2 is 2.06 bits per heavy atom. The maximum absolute atomic E-state index is 12.2. The van der Waals surface area contributed by atoms with Crippen LogP contribution in [0.25, 0.3) is 0 Å². The summed E-state index contributed by atoms with van der Waals surface area (Å²) in [7, 11) is -1.91. The SMILES string of the molecule is CCC(CC)(CBr)NS(=O)(=O)c1ccnn1C. The van der Waals surface area contributed by atoms with Crippen LogP contribution < -0.4 is 4.72 Å². The number of halogens is 1. The highest BCUT2D eigenvalue weighted by molar-refractivity contribution is 9.09. The fraction of sp³-hybridized carbons (Fsp3) is 0.700. The van der Waals surface area contributed by atoms with E-state index in [0.29, 0.717) is 5.33 Å². The van der Waals surface area contributed by atoms with E-state index in [0.717, 1.165) is 12.8 Å². The zero-order chi connectivity index (χ0) is 13.1. The van der Waals surface area contributed by atoms with E-state index in [2.05, 4.69) is 25.8 Å². The Labute approximate surface area is 111 Å². The molecule has 1 rings (SSSR count). The predicted octanol–water partition coefficient (Wildman–Crippen LogP) is 1.65. The summed E-state index contributed by atoms with van der Waals surface area (Å²) in [6.07, 6.45) is 2.93. The molecule has 98 valence electrons. The minimum absolute atomic E-state index is 0.185. The van der Waals surface area contributed by atoms with Crippen LogP contribution in [0.1, 0.15) is 26.7 Å². The smallest absolute Gasteiger partial charge is 0.256 e. The van der Waals surface area contributed by atoms with Crippen molar-refractivity contribution in [3.63, 3.8) is 0 Å². The van der Waals surface area contributed by atoms with Crippen LogP contribution in [0.4, 0.5) is 0 Å². The van der Waals surface area contributed by atoms with Gasteiger partial charge in [-0.15, -0.1) is 0 Å². The zero-order valence-electron chi connectivity index (χ0n) is 10.3. The quantitative estimate of drug-likeness (QED) is 0.810. The van der Waals surface area contributed by atoms with Crippen molar-refractivity contribution in [3.8, 4) is 0 Å². The van der Waals surface area contributed by atoms with Crippen LogP contribution in [0.5, 0.6) is 0 Å². The zero-order valence-corrected chi connectivity index (χ0v) is 12.7. The van der Waals surface area contributed by atoms with Crippen molar-refractivity contribution in [1.29, 1.82) is 0 Å². The fourth-order valence-corrected chi connectivity index (χ4v) is 4.36. The van der Waals surface area contributed by atoms with Gasteiger partial charge >= 0.3 is 0 Å². The van der Waals surface area contributed by atoms with Gasteiger partial charge in [-0.05, 0) is 18.9 Å². The molecule has 0 aromatic carbocycles. The highest BCUT2D eigenvalue weighted by atomic mass is 79.9. The lowest BCUT2D eigenvalue weighted by atomic mass is 9.97. The van der Waals surface area contributed by atoms with Gasteiger partial charge in [0.05, 0.1) is 6.20 Å². The Bertz CT molecular complexity index is 457. The van der Waals surface area contributed by atoms with Gasteiger partial charge < -0.3 is 0 Å². The molecule has 1 aromatic rings. The molecule has 0 aliphatic rings. The number of rotatable bonds is 6.